The molecule has 0 aromatic rings. The lowest BCUT2D eigenvalue weighted by Crippen LogP contribution is -2.29. The second-order valence-electron chi connectivity index (χ2n) is 30.1. The zero-order chi connectivity index (χ0) is 72.9. The molecule has 0 fully saturated rings. The van der Waals surface area contributed by atoms with Crippen LogP contribution < -0.4 is 5.73 Å². The van der Waals surface area contributed by atoms with Gasteiger partial charge in [0.25, 0.3) is 0 Å². The first kappa shape index (κ1) is 98.5. The van der Waals surface area contributed by atoms with Crippen molar-refractivity contribution < 1.29 is 37.6 Å². The highest BCUT2D eigenvalue weighted by Gasteiger charge is 2.26. The molecule has 0 rings (SSSR count). The lowest BCUT2D eigenvalue weighted by Gasteiger charge is -2.19. The van der Waals surface area contributed by atoms with Crippen LogP contribution in [-0.4, -0.2) is 49.3 Å². The highest BCUT2D eigenvalue weighted by atomic mass is 31.2. The van der Waals surface area contributed by atoms with Gasteiger partial charge in [0.15, 0.2) is 6.10 Å². The van der Waals surface area contributed by atoms with E-state index in [1.54, 1.807) is 0 Å². The van der Waals surface area contributed by atoms with Gasteiger partial charge >= 0.3 is 19.8 Å². The van der Waals surface area contributed by atoms with Crippen molar-refractivity contribution in [2.24, 2.45) is 5.73 Å². The maximum Gasteiger partial charge on any atom is 0.472 e. The van der Waals surface area contributed by atoms with Crippen molar-refractivity contribution in [1.29, 1.82) is 0 Å². The summed E-state index contributed by atoms with van der Waals surface area (Å²) < 4.78 is 33.3. The molecule has 592 valence electrons. The fourth-order valence-corrected chi connectivity index (χ4v) is 14.2. The average molecular weight is 1440 g/mol. The molecule has 0 aromatic carbocycles. The van der Waals surface area contributed by atoms with Gasteiger partial charge in [0.05, 0.1) is 13.2 Å². The van der Waals surface area contributed by atoms with Crippen LogP contribution in [0.3, 0.4) is 0 Å². The number of rotatable bonds is 85. The van der Waals surface area contributed by atoms with E-state index in [4.69, 9.17) is 24.3 Å². The monoisotopic (exact) mass is 1440 g/mol. The van der Waals surface area contributed by atoms with Crippen LogP contribution in [0.5, 0.6) is 0 Å². The Hall–Kier alpha value is -2.55. The first-order valence-electron chi connectivity index (χ1n) is 44.4. The summed E-state index contributed by atoms with van der Waals surface area (Å²) >= 11 is 0. The molecule has 0 aliphatic heterocycles. The number of hydrogen-bond donors (Lipinski definition) is 2. The Balaban J connectivity index is 3.71. The standard InChI is InChI=1S/C91H170NO8P/c1-3-5-7-9-11-13-15-17-19-21-23-25-27-29-31-33-35-37-39-41-43-44-46-48-50-52-54-56-58-60-62-64-66-68-70-72-74-76-78-80-82-84-91(94)100-89(88-99-101(95,96)98-86-85-92)87-97-90(93)83-81-79-77-75-73-71-69-67-65-63-61-59-57-55-53-51-49-47-45-42-40-38-36-34-32-30-28-26-24-22-20-18-16-14-12-10-8-6-4-2/h15-18,21-24,27-30,89H,3-14,19-20,25-26,31-88,92H2,1-2H3,(H,95,96)/b17-15-,18-16-,23-21-,24-22-,29-27-,30-28-. The van der Waals surface area contributed by atoms with Crippen molar-refractivity contribution in [3.05, 3.63) is 72.9 Å². The van der Waals surface area contributed by atoms with Crippen LogP contribution in [0.1, 0.15) is 463 Å². The first-order chi connectivity index (χ1) is 49.8. The Morgan fingerprint density at radius 2 is 0.515 bits per heavy atom. The number of allylic oxidation sites excluding steroid dienone is 12. The number of nitrogens with two attached hydrogens (primary N) is 1. The van der Waals surface area contributed by atoms with Gasteiger partial charge in [-0.25, -0.2) is 4.57 Å². The number of unbranched alkanes of at least 4 members (excludes halogenated alkanes) is 60. The fraction of sp³-hybridized carbons (Fsp3) is 0.846. The highest BCUT2D eigenvalue weighted by molar-refractivity contribution is 7.47. The van der Waals surface area contributed by atoms with Gasteiger partial charge in [-0.05, 0) is 89.9 Å². The van der Waals surface area contributed by atoms with E-state index in [0.29, 0.717) is 6.42 Å². The fourth-order valence-electron chi connectivity index (χ4n) is 13.5. The van der Waals surface area contributed by atoms with Gasteiger partial charge in [-0.3, -0.25) is 18.6 Å². The minimum Gasteiger partial charge on any atom is -0.462 e. The lowest BCUT2D eigenvalue weighted by molar-refractivity contribution is -0.161. The summed E-state index contributed by atoms with van der Waals surface area (Å²) in [5, 5.41) is 0. The van der Waals surface area contributed by atoms with E-state index < -0.39 is 26.5 Å². The third-order valence-corrected chi connectivity index (χ3v) is 21.0. The normalized spacial score (nSPS) is 13.1. The maximum atomic E-state index is 12.8. The molecule has 101 heavy (non-hydrogen) atoms. The first-order valence-corrected chi connectivity index (χ1v) is 45.9. The second kappa shape index (κ2) is 86.4. The number of hydrogen-bond acceptors (Lipinski definition) is 8. The number of phosphoric ester groups is 1. The van der Waals surface area contributed by atoms with Crippen LogP contribution >= 0.6 is 7.82 Å². The largest absolute Gasteiger partial charge is 0.472 e. The van der Waals surface area contributed by atoms with Gasteiger partial charge in [-0.15, -0.1) is 0 Å². The molecule has 9 nitrogen and oxygen atoms in total. The molecule has 0 aromatic heterocycles. The van der Waals surface area contributed by atoms with Crippen molar-refractivity contribution in [3.63, 3.8) is 0 Å². The molecule has 0 aliphatic carbocycles. The molecule has 0 aliphatic rings. The van der Waals surface area contributed by atoms with E-state index in [9.17, 15) is 19.0 Å². The van der Waals surface area contributed by atoms with E-state index in [2.05, 4.69) is 86.8 Å². The molecule has 0 saturated carbocycles. The SMILES string of the molecule is CCCCCCC/C=C\C/C=C\C/C=C\CCCCCCCCCCCCCCCCCCCCCCCCCCCCC(=O)OC(COC(=O)CCCCCCCCCCCCCCCCCCCCCCCCCC/C=C\C/C=C\C/C=C\CCCCCCC)COP(=O)(O)OCCN. The Labute approximate surface area is 628 Å². The third kappa shape index (κ3) is 86.3. The second-order valence-corrected chi connectivity index (χ2v) is 31.6. The molecule has 2 unspecified atom stereocenters. The third-order valence-electron chi connectivity index (χ3n) is 20.1. The minimum atomic E-state index is -4.40. The number of carbonyl (C=O) groups is 2. The zero-order valence-corrected chi connectivity index (χ0v) is 68.1. The molecular weight excluding hydrogens is 1270 g/mol. The zero-order valence-electron chi connectivity index (χ0n) is 67.2. The van der Waals surface area contributed by atoms with Crippen molar-refractivity contribution in [1.82, 2.24) is 0 Å². The van der Waals surface area contributed by atoms with E-state index in [0.717, 1.165) is 57.8 Å². The summed E-state index contributed by atoms with van der Waals surface area (Å²) in [6.07, 6.45) is 117. The Kier molecular flexibility index (Phi) is 84.2. The smallest absolute Gasteiger partial charge is 0.462 e. The Morgan fingerprint density at radius 3 is 0.762 bits per heavy atom. The number of carbonyl (C=O) groups excluding carboxylic acids is 2. The molecule has 0 heterocycles. The summed E-state index contributed by atoms with van der Waals surface area (Å²) in [4.78, 5) is 35.5. The average Bonchev–Trinajstić information content (AvgIpc) is 1.04. The predicted molar refractivity (Wildman–Crippen MR) is 441 cm³/mol. The highest BCUT2D eigenvalue weighted by Crippen LogP contribution is 2.43. The quantitative estimate of drug-likeness (QED) is 0.0264. The van der Waals surface area contributed by atoms with Gasteiger partial charge < -0.3 is 20.1 Å². The van der Waals surface area contributed by atoms with Crippen LogP contribution in [0.15, 0.2) is 72.9 Å². The lowest BCUT2D eigenvalue weighted by atomic mass is 10.0. The summed E-state index contributed by atoms with van der Waals surface area (Å²) in [5.74, 6) is -0.801. The Bertz CT molecular complexity index is 1890. The number of ether oxygens (including phenoxy) is 2. The molecule has 0 amide bonds. The van der Waals surface area contributed by atoms with Crippen LogP contribution in [0.2, 0.25) is 0 Å². The van der Waals surface area contributed by atoms with Crippen LogP contribution in [0, 0.1) is 0 Å². The molecule has 0 spiro atoms. The van der Waals surface area contributed by atoms with Crippen molar-refractivity contribution >= 4 is 19.8 Å². The topological polar surface area (TPSA) is 134 Å². The predicted octanol–water partition coefficient (Wildman–Crippen LogP) is 30.2. The van der Waals surface area contributed by atoms with Gasteiger partial charge in [-0.2, -0.15) is 0 Å². The van der Waals surface area contributed by atoms with E-state index in [1.807, 2.05) is 0 Å². The van der Waals surface area contributed by atoms with Crippen LogP contribution in [-0.2, 0) is 32.7 Å². The van der Waals surface area contributed by atoms with Crippen molar-refractivity contribution in [2.45, 2.75) is 469 Å². The van der Waals surface area contributed by atoms with Gasteiger partial charge in [-0.1, -0.05) is 433 Å². The maximum absolute atomic E-state index is 12.8. The van der Waals surface area contributed by atoms with E-state index in [1.165, 1.54) is 372 Å². The van der Waals surface area contributed by atoms with Crippen molar-refractivity contribution in [2.75, 3.05) is 26.4 Å². The molecule has 2 atom stereocenters. The Morgan fingerprint density at radius 1 is 0.297 bits per heavy atom. The van der Waals surface area contributed by atoms with E-state index in [-0.39, 0.29) is 38.6 Å². The minimum absolute atomic E-state index is 0.0555. The molecule has 3 N–H and O–H groups in total. The molecule has 0 radical (unpaired) electrons. The summed E-state index contributed by atoms with van der Waals surface area (Å²) in [5.41, 5.74) is 5.43. The number of esters is 2. The summed E-state index contributed by atoms with van der Waals surface area (Å²) in [6.45, 7) is 3.80. The number of phosphoric acid groups is 1. The molecule has 0 bridgehead atoms. The van der Waals surface area contributed by atoms with Gasteiger partial charge in [0.2, 0.25) is 0 Å². The van der Waals surface area contributed by atoms with Gasteiger partial charge in [0.1, 0.15) is 6.61 Å². The van der Waals surface area contributed by atoms with Crippen LogP contribution in [0.25, 0.3) is 0 Å². The van der Waals surface area contributed by atoms with Crippen molar-refractivity contribution in [3.8, 4) is 0 Å². The summed E-state index contributed by atoms with van der Waals surface area (Å²) in [7, 11) is -4.40. The molecule has 0 saturated heterocycles. The van der Waals surface area contributed by atoms with Crippen LogP contribution in [0.4, 0.5) is 0 Å². The summed E-state index contributed by atoms with van der Waals surface area (Å²) in [6, 6.07) is 0. The van der Waals surface area contributed by atoms with E-state index >= 15 is 0 Å². The molecule has 10 heteroatoms. The van der Waals surface area contributed by atoms with Gasteiger partial charge in [0, 0.05) is 19.4 Å². The molecular formula is C91H170NO8P.